The molecule has 7 heteroatoms. The highest BCUT2D eigenvalue weighted by Gasteiger charge is 2.23. The lowest BCUT2D eigenvalue weighted by Crippen LogP contribution is -2.26. The maximum Gasteiger partial charge on any atom is 0.339 e. The van der Waals surface area contributed by atoms with Gasteiger partial charge in [0, 0.05) is 19.3 Å². The summed E-state index contributed by atoms with van der Waals surface area (Å²) in [6.07, 6.45) is 1.61. The van der Waals surface area contributed by atoms with E-state index >= 15 is 0 Å². The molecule has 0 unspecified atom stereocenters. The smallest absolute Gasteiger partial charge is 0.339 e. The highest BCUT2D eigenvalue weighted by atomic mass is 32.2. The summed E-state index contributed by atoms with van der Waals surface area (Å²) in [6.45, 7) is 2.30. The van der Waals surface area contributed by atoms with Gasteiger partial charge in [-0.25, -0.2) is 17.9 Å². The van der Waals surface area contributed by atoms with Gasteiger partial charge >= 0.3 is 5.97 Å². The number of unbranched alkanes of at least 4 members (excludes halogenated alkanes) is 1. The van der Waals surface area contributed by atoms with Crippen LogP contribution in [0, 0.1) is 0 Å². The van der Waals surface area contributed by atoms with Gasteiger partial charge in [0.2, 0.25) is 10.0 Å². The first-order valence-corrected chi connectivity index (χ1v) is 7.84. The summed E-state index contributed by atoms with van der Waals surface area (Å²) < 4.78 is 31.6. The van der Waals surface area contributed by atoms with Gasteiger partial charge in [0.25, 0.3) is 0 Å². The van der Waals surface area contributed by atoms with Gasteiger partial charge in [0.15, 0.2) is 0 Å². The Morgan fingerprint density at radius 2 is 2.05 bits per heavy atom. The zero-order chi connectivity index (χ0) is 15.2. The van der Waals surface area contributed by atoms with Crippen LogP contribution in [0.4, 0.5) is 5.69 Å². The minimum Gasteiger partial charge on any atom is -0.465 e. The van der Waals surface area contributed by atoms with Crippen LogP contribution < -0.4 is 10.0 Å². The number of anilines is 1. The molecule has 0 saturated heterocycles. The molecule has 112 valence electrons. The molecule has 1 rings (SSSR count). The van der Waals surface area contributed by atoms with Crippen LogP contribution in [0.3, 0.4) is 0 Å². The van der Waals surface area contributed by atoms with E-state index in [1.54, 1.807) is 13.1 Å². The average molecular weight is 300 g/mol. The standard InChI is InChI=1S/C13H20N2O4S/c1-4-5-8-15-20(17,18)12-9-10(14-2)6-7-11(12)13(16)19-3/h6-7,9,14-15H,4-5,8H2,1-3H3. The van der Waals surface area contributed by atoms with Crippen LogP contribution >= 0.6 is 0 Å². The summed E-state index contributed by atoms with van der Waals surface area (Å²) in [7, 11) is -0.850. The maximum absolute atomic E-state index is 12.3. The number of carbonyl (C=O) groups is 1. The van der Waals surface area contributed by atoms with Crippen molar-refractivity contribution in [2.45, 2.75) is 24.7 Å². The van der Waals surface area contributed by atoms with E-state index in [1.807, 2.05) is 6.92 Å². The molecule has 0 radical (unpaired) electrons. The van der Waals surface area contributed by atoms with Crippen LogP contribution in [0.25, 0.3) is 0 Å². The fraction of sp³-hybridized carbons (Fsp3) is 0.462. The Labute approximate surface area is 119 Å². The average Bonchev–Trinajstić information content (AvgIpc) is 2.46. The molecule has 0 aromatic heterocycles. The van der Waals surface area contributed by atoms with Crippen molar-refractivity contribution in [1.82, 2.24) is 4.72 Å². The Morgan fingerprint density at radius 3 is 2.60 bits per heavy atom. The van der Waals surface area contributed by atoms with Crippen molar-refractivity contribution in [2.75, 3.05) is 26.0 Å². The van der Waals surface area contributed by atoms with Crippen LogP contribution in [0.1, 0.15) is 30.1 Å². The SMILES string of the molecule is CCCCNS(=O)(=O)c1cc(NC)ccc1C(=O)OC. The molecule has 0 spiro atoms. The lowest BCUT2D eigenvalue weighted by Gasteiger charge is -2.12. The second kappa shape index (κ2) is 7.25. The van der Waals surface area contributed by atoms with Crippen molar-refractivity contribution < 1.29 is 17.9 Å². The molecule has 0 aliphatic carbocycles. The van der Waals surface area contributed by atoms with E-state index in [4.69, 9.17) is 0 Å². The molecule has 1 aromatic rings. The maximum atomic E-state index is 12.3. The molecule has 0 atom stereocenters. The predicted octanol–water partition coefficient (Wildman–Crippen LogP) is 1.59. The van der Waals surface area contributed by atoms with Crippen LogP contribution in [0.2, 0.25) is 0 Å². The number of rotatable bonds is 7. The number of hydrogen-bond acceptors (Lipinski definition) is 5. The molecule has 0 bridgehead atoms. The monoisotopic (exact) mass is 300 g/mol. The van der Waals surface area contributed by atoms with E-state index in [2.05, 4.69) is 14.8 Å². The molecule has 6 nitrogen and oxygen atoms in total. The van der Waals surface area contributed by atoms with Crippen molar-refractivity contribution >= 4 is 21.7 Å². The number of nitrogens with one attached hydrogen (secondary N) is 2. The van der Waals surface area contributed by atoms with Gasteiger partial charge in [0.1, 0.15) is 0 Å². The second-order valence-electron chi connectivity index (χ2n) is 4.20. The Bertz CT molecular complexity index is 570. The molecule has 0 heterocycles. The van der Waals surface area contributed by atoms with Crippen molar-refractivity contribution in [1.29, 1.82) is 0 Å². The summed E-state index contributed by atoms with van der Waals surface area (Å²) in [5.74, 6) is -0.677. The van der Waals surface area contributed by atoms with Gasteiger partial charge < -0.3 is 10.1 Å². The van der Waals surface area contributed by atoms with Gasteiger partial charge in [-0.1, -0.05) is 13.3 Å². The fourth-order valence-corrected chi connectivity index (χ4v) is 2.93. The third kappa shape index (κ3) is 3.94. The second-order valence-corrected chi connectivity index (χ2v) is 5.94. The molecule has 0 saturated carbocycles. The largest absolute Gasteiger partial charge is 0.465 e. The Balaban J connectivity index is 3.21. The molecule has 1 aromatic carbocycles. The number of carbonyl (C=O) groups excluding carboxylic acids is 1. The number of hydrogen-bond donors (Lipinski definition) is 2. The highest BCUT2D eigenvalue weighted by Crippen LogP contribution is 2.21. The predicted molar refractivity (Wildman–Crippen MR) is 77.4 cm³/mol. The third-order valence-electron chi connectivity index (χ3n) is 2.79. The topological polar surface area (TPSA) is 84.5 Å². The van der Waals surface area contributed by atoms with Crippen LogP contribution in [-0.2, 0) is 14.8 Å². The summed E-state index contributed by atoms with van der Waals surface area (Å²) in [4.78, 5) is 11.6. The number of sulfonamides is 1. The summed E-state index contributed by atoms with van der Waals surface area (Å²) in [6, 6.07) is 4.48. The first-order valence-electron chi connectivity index (χ1n) is 6.36. The normalized spacial score (nSPS) is 11.2. The summed E-state index contributed by atoms with van der Waals surface area (Å²) >= 11 is 0. The molecule has 0 aliphatic rings. The van der Waals surface area contributed by atoms with Gasteiger partial charge in [-0.2, -0.15) is 0 Å². The molecule has 0 aliphatic heterocycles. The first-order chi connectivity index (χ1) is 9.46. The lowest BCUT2D eigenvalue weighted by molar-refractivity contribution is 0.0596. The Kier molecular flexibility index (Phi) is 5.97. The van der Waals surface area contributed by atoms with Gasteiger partial charge in [-0.3, -0.25) is 0 Å². The van der Waals surface area contributed by atoms with Crippen molar-refractivity contribution in [3.8, 4) is 0 Å². The van der Waals surface area contributed by atoms with E-state index in [0.29, 0.717) is 12.2 Å². The molecule has 0 fully saturated rings. The van der Waals surface area contributed by atoms with Crippen molar-refractivity contribution in [3.05, 3.63) is 23.8 Å². The summed E-state index contributed by atoms with van der Waals surface area (Å²) in [5, 5.41) is 2.85. The van der Waals surface area contributed by atoms with Crippen LogP contribution in [-0.4, -0.2) is 35.1 Å². The van der Waals surface area contributed by atoms with Crippen molar-refractivity contribution in [3.63, 3.8) is 0 Å². The third-order valence-corrected chi connectivity index (χ3v) is 4.29. The van der Waals surface area contributed by atoms with Crippen molar-refractivity contribution in [2.24, 2.45) is 0 Å². The molecular formula is C13H20N2O4S. The lowest BCUT2D eigenvalue weighted by atomic mass is 10.2. The van der Waals surface area contributed by atoms with Gasteiger partial charge in [-0.05, 0) is 24.6 Å². The van der Waals surface area contributed by atoms with E-state index in [0.717, 1.165) is 12.8 Å². The number of benzene rings is 1. The van der Waals surface area contributed by atoms with E-state index in [1.165, 1.54) is 19.2 Å². The number of ether oxygens (including phenoxy) is 1. The molecule has 0 amide bonds. The molecule has 2 N–H and O–H groups in total. The Morgan fingerprint density at radius 1 is 1.35 bits per heavy atom. The zero-order valence-corrected chi connectivity index (χ0v) is 12.7. The molecular weight excluding hydrogens is 280 g/mol. The van der Waals surface area contributed by atoms with E-state index in [-0.39, 0.29) is 10.5 Å². The minimum absolute atomic E-state index is 0.0236. The number of esters is 1. The number of methoxy groups -OCH3 is 1. The summed E-state index contributed by atoms with van der Waals surface area (Å²) in [5.41, 5.74) is 0.629. The van der Waals surface area contributed by atoms with Crippen LogP contribution in [0.5, 0.6) is 0 Å². The van der Waals surface area contributed by atoms with Crippen LogP contribution in [0.15, 0.2) is 23.1 Å². The highest BCUT2D eigenvalue weighted by molar-refractivity contribution is 7.89. The van der Waals surface area contributed by atoms with Gasteiger partial charge in [-0.15, -0.1) is 0 Å². The minimum atomic E-state index is -3.74. The molecule has 20 heavy (non-hydrogen) atoms. The van der Waals surface area contributed by atoms with Gasteiger partial charge in [0.05, 0.1) is 17.6 Å². The quantitative estimate of drug-likeness (QED) is 0.590. The zero-order valence-electron chi connectivity index (χ0n) is 11.9. The fourth-order valence-electron chi connectivity index (χ4n) is 1.64. The van der Waals surface area contributed by atoms with E-state index < -0.39 is 16.0 Å². The first kappa shape index (κ1) is 16.5. The van der Waals surface area contributed by atoms with E-state index in [9.17, 15) is 13.2 Å². The Hall–Kier alpha value is -1.60.